The average Bonchev–Trinajstić information content (AvgIpc) is 3.64. The molecular weight excluding hydrogens is 782 g/mol. The number of hydrogen-bond acceptors (Lipinski definition) is 9. The van der Waals surface area contributed by atoms with Gasteiger partial charge < -0.3 is 29.9 Å². The molecule has 2 heterocycles. The summed E-state index contributed by atoms with van der Waals surface area (Å²) in [6, 6.07) is 11.0. The number of carbonyl (C=O) groups is 5. The molecule has 0 aromatic heterocycles. The van der Waals surface area contributed by atoms with Crippen LogP contribution in [0.3, 0.4) is 0 Å². The van der Waals surface area contributed by atoms with Crippen molar-refractivity contribution in [3.8, 4) is 0 Å². The van der Waals surface area contributed by atoms with Gasteiger partial charge in [0.2, 0.25) is 11.8 Å². The molecule has 3 N–H and O–H groups in total. The summed E-state index contributed by atoms with van der Waals surface area (Å²) in [4.78, 5) is 71.4. The van der Waals surface area contributed by atoms with Crippen LogP contribution < -0.4 is 15.4 Å². The Labute approximate surface area is 324 Å². The zero-order valence-electron chi connectivity index (χ0n) is 31.3. The molecule has 1 aliphatic carbocycles. The van der Waals surface area contributed by atoms with Crippen LogP contribution in [0.1, 0.15) is 65.5 Å². The van der Waals surface area contributed by atoms with Crippen LogP contribution in [-0.2, 0) is 46.8 Å². The zero-order chi connectivity index (χ0) is 39.8. The third kappa shape index (κ3) is 9.25. The highest BCUT2D eigenvalue weighted by atomic mass is 79.9. The number of nitrogens with one attached hydrogen (secondary N) is 3. The maximum atomic E-state index is 14.4. The number of nitrogens with zero attached hydrogens (tertiary/aromatic N) is 2. The minimum atomic E-state index is -4.32. The average molecular weight is 831 g/mol. The molecule has 16 heteroatoms. The summed E-state index contributed by atoms with van der Waals surface area (Å²) in [6.07, 6.45) is -0.334. The van der Waals surface area contributed by atoms with Crippen molar-refractivity contribution in [1.29, 1.82) is 0 Å². The van der Waals surface area contributed by atoms with E-state index in [0.717, 1.165) is 11.1 Å². The quantitative estimate of drug-likeness (QED) is 0.309. The highest BCUT2D eigenvalue weighted by molar-refractivity contribution is 9.10. The second-order valence-electron chi connectivity index (χ2n) is 16.0. The molecular formula is C38H48BrN5O9S. The minimum Gasteiger partial charge on any atom is -0.444 e. The summed E-state index contributed by atoms with van der Waals surface area (Å²) < 4.78 is 40.4. The van der Waals surface area contributed by atoms with Gasteiger partial charge >= 0.3 is 12.2 Å². The first-order valence-corrected chi connectivity index (χ1v) is 20.0. The monoisotopic (exact) mass is 829 g/mol. The van der Waals surface area contributed by atoms with Crippen LogP contribution in [0.2, 0.25) is 0 Å². The Bertz CT molecular complexity index is 1930. The van der Waals surface area contributed by atoms with Crippen LogP contribution in [-0.4, -0.2) is 90.5 Å². The Morgan fingerprint density at radius 3 is 2.24 bits per heavy atom. The van der Waals surface area contributed by atoms with Crippen molar-refractivity contribution >= 4 is 55.9 Å². The molecule has 0 radical (unpaired) electrons. The third-order valence-electron chi connectivity index (χ3n) is 9.68. The maximum absolute atomic E-state index is 14.4. The SMILES string of the molecule is C=CC1C[C@]1(NC(=O)[C@@H]1C[C@@H](OC(=O)N2CCc3ccccc3C2)CN1C(=O)[C@@H](NC(=O)OC(C)(C)C)C(C)(C)C)C(=O)NS(=O)(=O)c1ccc(Br)cc1. The predicted octanol–water partition coefficient (Wildman–Crippen LogP) is 4.42. The largest absolute Gasteiger partial charge is 0.444 e. The summed E-state index contributed by atoms with van der Waals surface area (Å²) in [5, 5.41) is 5.38. The van der Waals surface area contributed by atoms with E-state index >= 15 is 0 Å². The Hall–Kier alpha value is -4.44. The Kier molecular flexibility index (Phi) is 11.6. The summed E-state index contributed by atoms with van der Waals surface area (Å²) in [5.74, 6) is -2.98. The van der Waals surface area contributed by atoms with E-state index in [1.54, 1.807) is 46.4 Å². The van der Waals surface area contributed by atoms with Crippen LogP contribution in [0.25, 0.3) is 0 Å². The number of amides is 5. The summed E-state index contributed by atoms with van der Waals surface area (Å²) in [7, 11) is -4.32. The molecule has 2 aromatic rings. The molecule has 54 heavy (non-hydrogen) atoms. The van der Waals surface area contributed by atoms with Crippen LogP contribution in [0, 0.1) is 11.3 Å². The number of hydrogen-bond donors (Lipinski definition) is 3. The number of rotatable bonds is 9. The lowest BCUT2D eigenvalue weighted by Crippen LogP contribution is -2.60. The Balaban J connectivity index is 1.39. The smallest absolute Gasteiger partial charge is 0.410 e. The van der Waals surface area contributed by atoms with Crippen molar-refractivity contribution in [2.24, 2.45) is 11.3 Å². The lowest BCUT2D eigenvalue weighted by atomic mass is 9.85. The number of benzene rings is 2. The van der Waals surface area contributed by atoms with Crippen molar-refractivity contribution < 1.29 is 41.9 Å². The highest BCUT2D eigenvalue weighted by Crippen LogP contribution is 2.45. The molecule has 292 valence electrons. The summed E-state index contributed by atoms with van der Waals surface area (Å²) >= 11 is 3.26. The first kappa shape index (κ1) is 40.7. The third-order valence-corrected chi connectivity index (χ3v) is 11.6. The molecule has 1 saturated carbocycles. The van der Waals surface area contributed by atoms with Gasteiger partial charge in [0.05, 0.1) is 11.4 Å². The van der Waals surface area contributed by atoms with Crippen LogP contribution in [0.5, 0.6) is 0 Å². The summed E-state index contributed by atoms with van der Waals surface area (Å²) in [5.41, 5.74) is -1.26. The predicted molar refractivity (Wildman–Crippen MR) is 202 cm³/mol. The Morgan fingerprint density at radius 1 is 1.00 bits per heavy atom. The van der Waals surface area contributed by atoms with Gasteiger partial charge in [0, 0.05) is 29.9 Å². The lowest BCUT2D eigenvalue weighted by Gasteiger charge is -2.36. The van der Waals surface area contributed by atoms with Crippen molar-refractivity contribution in [2.75, 3.05) is 13.1 Å². The van der Waals surface area contributed by atoms with Crippen molar-refractivity contribution in [1.82, 2.24) is 25.2 Å². The van der Waals surface area contributed by atoms with Crippen LogP contribution in [0.15, 0.2) is 70.6 Å². The highest BCUT2D eigenvalue weighted by Gasteiger charge is 2.61. The van der Waals surface area contributed by atoms with Gasteiger partial charge in [-0.25, -0.2) is 22.7 Å². The van der Waals surface area contributed by atoms with Crippen LogP contribution >= 0.6 is 15.9 Å². The number of halogens is 1. The standard InChI is InChI=1S/C38H48BrN5O9S/c1-8-25-20-38(25,33(47)42-54(50,51)28-15-13-26(39)14-16-28)41-31(45)29-19-27(52-35(49)43-18-17-23-11-9-10-12-24(23)21-43)22-44(29)32(46)30(36(2,3)4)40-34(48)53-37(5,6)7/h8-16,25,27,29-30H,1,17-22H2,2-7H3,(H,40,48)(H,41,45)(H,42,47)/t25?,27-,29+,30-,38-/m1/s1. The molecule has 2 aliphatic heterocycles. The van der Waals surface area contributed by atoms with Crippen molar-refractivity contribution in [2.45, 2.75) is 102 Å². The van der Waals surface area contributed by atoms with E-state index in [9.17, 15) is 32.4 Å². The number of likely N-dealkylation sites (tertiary alicyclic amines) is 1. The van der Waals surface area contributed by atoms with E-state index in [1.165, 1.54) is 35.2 Å². The van der Waals surface area contributed by atoms with E-state index in [0.29, 0.717) is 24.0 Å². The van der Waals surface area contributed by atoms with Gasteiger partial charge in [0.1, 0.15) is 29.3 Å². The number of fused-ring (bicyclic) bond motifs is 1. The molecule has 2 fully saturated rings. The van der Waals surface area contributed by atoms with E-state index in [-0.39, 0.29) is 24.3 Å². The molecule has 3 aliphatic rings. The number of alkyl carbamates (subject to hydrolysis) is 1. The molecule has 5 atom stereocenters. The molecule has 1 saturated heterocycles. The van der Waals surface area contributed by atoms with Gasteiger partial charge in [-0.3, -0.25) is 14.4 Å². The number of sulfonamides is 1. The minimum absolute atomic E-state index is 0.0598. The van der Waals surface area contributed by atoms with Gasteiger partial charge in [0.15, 0.2) is 0 Å². The number of ether oxygens (including phenoxy) is 2. The van der Waals surface area contributed by atoms with E-state index in [2.05, 4.69) is 37.9 Å². The molecule has 5 amide bonds. The first-order valence-electron chi connectivity index (χ1n) is 17.7. The van der Waals surface area contributed by atoms with Crippen molar-refractivity contribution in [3.05, 3.63) is 76.8 Å². The summed E-state index contributed by atoms with van der Waals surface area (Å²) in [6.45, 7) is 14.6. The van der Waals surface area contributed by atoms with Gasteiger partial charge in [-0.05, 0) is 74.4 Å². The molecule has 1 unspecified atom stereocenters. The van der Waals surface area contributed by atoms with Crippen LogP contribution in [0.4, 0.5) is 9.59 Å². The maximum Gasteiger partial charge on any atom is 0.410 e. The number of carbonyl (C=O) groups excluding carboxylic acids is 5. The van der Waals surface area contributed by atoms with E-state index in [1.807, 2.05) is 24.3 Å². The van der Waals surface area contributed by atoms with Gasteiger partial charge in [-0.15, -0.1) is 6.58 Å². The van der Waals surface area contributed by atoms with Crippen molar-refractivity contribution in [3.63, 3.8) is 0 Å². The Morgan fingerprint density at radius 2 is 1.65 bits per heavy atom. The fourth-order valence-electron chi connectivity index (χ4n) is 6.71. The molecule has 5 rings (SSSR count). The second-order valence-corrected chi connectivity index (χ2v) is 18.6. The molecule has 0 spiro atoms. The molecule has 0 bridgehead atoms. The van der Waals surface area contributed by atoms with Gasteiger partial charge in [0.25, 0.3) is 15.9 Å². The second kappa shape index (κ2) is 15.4. The van der Waals surface area contributed by atoms with E-state index in [4.69, 9.17) is 9.47 Å². The zero-order valence-corrected chi connectivity index (χ0v) is 33.7. The van der Waals surface area contributed by atoms with Gasteiger partial charge in [-0.2, -0.15) is 0 Å². The first-order chi connectivity index (χ1) is 25.1. The fraction of sp³-hybridized carbons (Fsp3) is 0.500. The fourth-order valence-corrected chi connectivity index (χ4v) is 8.01. The lowest BCUT2D eigenvalue weighted by molar-refractivity contribution is -0.143. The van der Waals surface area contributed by atoms with E-state index < -0.39 is 80.6 Å². The normalized spacial score (nSPS) is 23.0. The topological polar surface area (TPSA) is 181 Å². The molecule has 14 nitrogen and oxygen atoms in total. The molecule has 2 aromatic carbocycles. The van der Waals surface area contributed by atoms with Gasteiger partial charge in [-0.1, -0.05) is 67.0 Å².